The number of amides is 1. The summed E-state index contributed by atoms with van der Waals surface area (Å²) in [4.78, 5) is 77.2. The molecule has 10 rings (SSSR count). The number of hydrogen-bond acceptors (Lipinski definition) is 15. The van der Waals surface area contributed by atoms with E-state index >= 15 is 0 Å². The van der Waals surface area contributed by atoms with Crippen molar-refractivity contribution in [2.24, 2.45) is 0 Å². The molecule has 0 spiro atoms. The molecule has 2 aliphatic heterocycles. The van der Waals surface area contributed by atoms with Crippen LogP contribution in [0, 0.1) is 0 Å². The van der Waals surface area contributed by atoms with Crippen molar-refractivity contribution in [2.45, 2.75) is 118 Å². The maximum absolute atomic E-state index is 13.4. The van der Waals surface area contributed by atoms with Gasteiger partial charge in [-0.2, -0.15) is 9.97 Å². The highest BCUT2D eigenvalue weighted by molar-refractivity contribution is 6.61. The Kier molecular flexibility index (Phi) is 16.3. The van der Waals surface area contributed by atoms with Crippen LogP contribution in [0.25, 0.3) is 33.4 Å². The average Bonchev–Trinajstić information content (AvgIpc) is 4.04. The number of aromatic nitrogens is 10. The summed E-state index contributed by atoms with van der Waals surface area (Å²) in [5, 5.41) is 11.0. The Bertz CT molecular complexity index is 3600. The first kappa shape index (κ1) is 55.3. The molecule has 0 saturated carbocycles. The van der Waals surface area contributed by atoms with E-state index in [1.807, 2.05) is 79.5 Å². The van der Waals surface area contributed by atoms with Gasteiger partial charge in [-0.15, -0.1) is 0 Å². The highest BCUT2D eigenvalue weighted by Crippen LogP contribution is 2.29. The van der Waals surface area contributed by atoms with E-state index in [1.54, 1.807) is 39.1 Å². The van der Waals surface area contributed by atoms with Gasteiger partial charge in [0, 0.05) is 102 Å². The summed E-state index contributed by atoms with van der Waals surface area (Å²) in [6.45, 7) is 23.7. The topological polar surface area (TPSA) is 223 Å². The van der Waals surface area contributed by atoms with Crippen molar-refractivity contribution < 1.29 is 19.1 Å². The normalized spacial score (nSPS) is 13.3. The lowest BCUT2D eigenvalue weighted by atomic mass is 9.91. The monoisotopic (exact) mass is 1070 g/mol. The third-order valence-corrected chi connectivity index (χ3v) is 13.3. The first-order valence-corrected chi connectivity index (χ1v) is 25.9. The fourth-order valence-corrected chi connectivity index (χ4v) is 9.20. The standard InChI is InChI=1S/C28H33N7O3.C26H31N7O.C2H3ClO2/c1-17(2)34-25(36)22-15-30-26(32-24(22)35(34)21-9-11-29-23(14-21)28(3,4)5)31-20-8-7-19-16-33(27(37)38-6)12-10-18(19)13-20;1-16(2)32-24(34)21-15-29-25(30-19-7-6-18-14-27-10-8-17(18)12-19)31-23(21)33(32)20-9-11-28-22(13-20)26(3,4)5;1-5-2(3)4/h7-9,11,13-15,17H,10,12,16H2,1-6H3,(H,30,31,32);6-7,9,11-13,15-16,27H,8,10,14H2,1-5H3,(H,29,30,31);1H3. The van der Waals surface area contributed by atoms with Crippen molar-refractivity contribution in [1.82, 2.24) is 58.8 Å². The fraction of sp³-hybridized carbons (Fsp3) is 0.393. The van der Waals surface area contributed by atoms with Crippen LogP contribution in [-0.4, -0.2) is 92.4 Å². The van der Waals surface area contributed by atoms with E-state index in [0.29, 0.717) is 47.1 Å². The molecule has 0 fully saturated rings. The summed E-state index contributed by atoms with van der Waals surface area (Å²) >= 11 is 4.60. The zero-order valence-corrected chi connectivity index (χ0v) is 46.5. The number of nitrogens with zero attached hydrogens (tertiary/aromatic N) is 11. The summed E-state index contributed by atoms with van der Waals surface area (Å²) < 4.78 is 15.9. The molecule has 2 aliphatic rings. The fourth-order valence-electron chi connectivity index (χ4n) is 9.20. The van der Waals surface area contributed by atoms with E-state index in [2.05, 4.69) is 112 Å². The number of pyridine rings is 2. The molecule has 0 unspecified atom stereocenters. The van der Waals surface area contributed by atoms with Crippen LogP contribution in [0.3, 0.4) is 0 Å². The number of carbonyl (C=O) groups is 2. The van der Waals surface area contributed by atoms with Crippen LogP contribution in [0.1, 0.15) is 115 Å². The molecule has 6 aromatic heterocycles. The summed E-state index contributed by atoms with van der Waals surface area (Å²) in [5.74, 6) is 0.852. The van der Waals surface area contributed by atoms with Gasteiger partial charge in [0.15, 0.2) is 11.3 Å². The molecule has 2 aromatic carbocycles. The molecule has 8 aromatic rings. The van der Waals surface area contributed by atoms with Gasteiger partial charge in [0.25, 0.3) is 11.1 Å². The Morgan fingerprint density at radius 1 is 0.636 bits per heavy atom. The van der Waals surface area contributed by atoms with Gasteiger partial charge < -0.3 is 30.3 Å². The number of fused-ring (bicyclic) bond motifs is 4. The lowest BCUT2D eigenvalue weighted by molar-refractivity contribution is 0.118. The Labute approximate surface area is 451 Å². The molecular formula is C56H67ClN14O6. The van der Waals surface area contributed by atoms with Gasteiger partial charge in [-0.1, -0.05) is 53.7 Å². The molecule has 0 radical (unpaired) electrons. The van der Waals surface area contributed by atoms with Crippen LogP contribution in [0.15, 0.2) is 95.0 Å². The molecule has 0 bridgehead atoms. The Balaban J connectivity index is 0.000000188. The zero-order chi connectivity index (χ0) is 55.5. The number of ether oxygens (including phenoxy) is 2. The minimum atomic E-state index is -0.773. The number of carbonyl (C=O) groups excluding carboxylic acids is 2. The number of anilines is 4. The molecule has 1 amide bonds. The predicted octanol–water partition coefficient (Wildman–Crippen LogP) is 9.96. The Morgan fingerprint density at radius 3 is 1.55 bits per heavy atom. The minimum Gasteiger partial charge on any atom is -0.457 e. The zero-order valence-electron chi connectivity index (χ0n) is 45.7. The molecular weight excluding hydrogens is 1000 g/mol. The smallest absolute Gasteiger partial charge is 0.409 e. The summed E-state index contributed by atoms with van der Waals surface area (Å²) in [6, 6.07) is 20.0. The van der Waals surface area contributed by atoms with Crippen LogP contribution in [-0.2, 0) is 46.2 Å². The van der Waals surface area contributed by atoms with Crippen LogP contribution in [0.5, 0.6) is 0 Å². The Morgan fingerprint density at radius 2 is 1.10 bits per heavy atom. The number of rotatable bonds is 8. The van der Waals surface area contributed by atoms with Gasteiger partial charge in [-0.05, 0) is 118 Å². The lowest BCUT2D eigenvalue weighted by Gasteiger charge is -2.28. The number of methoxy groups -OCH3 is 2. The summed E-state index contributed by atoms with van der Waals surface area (Å²) in [5.41, 5.74) is 10.0. The van der Waals surface area contributed by atoms with E-state index in [0.717, 1.165) is 71.2 Å². The van der Waals surface area contributed by atoms with E-state index in [-0.39, 0.29) is 40.1 Å². The number of hydrogen-bond donors (Lipinski definition) is 3. The third kappa shape index (κ3) is 12.2. The maximum Gasteiger partial charge on any atom is 0.409 e. The molecule has 404 valence electrons. The summed E-state index contributed by atoms with van der Waals surface area (Å²) in [7, 11) is 2.62. The third-order valence-electron chi connectivity index (χ3n) is 13.2. The first-order valence-electron chi connectivity index (χ1n) is 25.5. The molecule has 0 aliphatic carbocycles. The first-order chi connectivity index (χ1) is 36.6. The van der Waals surface area contributed by atoms with E-state index in [9.17, 15) is 19.2 Å². The van der Waals surface area contributed by atoms with Gasteiger partial charge >= 0.3 is 11.5 Å². The predicted molar refractivity (Wildman–Crippen MR) is 300 cm³/mol. The highest BCUT2D eigenvalue weighted by atomic mass is 35.5. The number of benzene rings is 2. The quantitative estimate of drug-likeness (QED) is 0.120. The molecule has 8 heterocycles. The number of halogens is 1. The van der Waals surface area contributed by atoms with Gasteiger partial charge in [0.1, 0.15) is 10.8 Å². The van der Waals surface area contributed by atoms with E-state index < -0.39 is 5.43 Å². The van der Waals surface area contributed by atoms with Crippen molar-refractivity contribution in [3.63, 3.8) is 0 Å². The van der Waals surface area contributed by atoms with Gasteiger partial charge in [0.05, 0.1) is 25.6 Å². The van der Waals surface area contributed by atoms with Gasteiger partial charge in [-0.3, -0.25) is 19.6 Å². The van der Waals surface area contributed by atoms with Crippen LogP contribution < -0.4 is 27.1 Å². The SMILES string of the molecule is CC(C)n1c(=O)c2cnc(Nc3ccc4c(c3)CCNC4)nc2n1-c1ccnc(C(C)(C)C)c1.COC(=O)Cl.COC(=O)N1CCc2cc(Nc3ncc4c(=O)n(C(C)C)n(-c5ccnc(C(C)(C)C)c5)c4n3)ccc2C1. The second-order valence-electron chi connectivity index (χ2n) is 21.5. The second-order valence-corrected chi connectivity index (χ2v) is 21.8. The van der Waals surface area contributed by atoms with E-state index in [4.69, 9.17) is 14.7 Å². The molecule has 77 heavy (non-hydrogen) atoms. The van der Waals surface area contributed by atoms with Crippen molar-refractivity contribution in [3.8, 4) is 11.4 Å². The van der Waals surface area contributed by atoms with Crippen LogP contribution in [0.2, 0.25) is 0 Å². The van der Waals surface area contributed by atoms with Crippen LogP contribution >= 0.6 is 11.6 Å². The maximum atomic E-state index is 13.4. The van der Waals surface area contributed by atoms with Crippen molar-refractivity contribution in [2.75, 3.05) is 37.9 Å². The van der Waals surface area contributed by atoms with Crippen LogP contribution in [0.4, 0.5) is 32.9 Å². The number of nitrogens with one attached hydrogen (secondary N) is 3. The van der Waals surface area contributed by atoms with Gasteiger partial charge in [0.2, 0.25) is 11.9 Å². The van der Waals surface area contributed by atoms with Crippen molar-refractivity contribution in [3.05, 3.63) is 140 Å². The van der Waals surface area contributed by atoms with Gasteiger partial charge in [-0.25, -0.2) is 38.3 Å². The molecule has 20 nitrogen and oxygen atoms in total. The lowest BCUT2D eigenvalue weighted by Crippen LogP contribution is -2.35. The van der Waals surface area contributed by atoms with E-state index in [1.165, 1.54) is 25.3 Å². The Hall–Kier alpha value is -7.97. The minimum absolute atomic E-state index is 0.0568. The molecule has 0 atom stereocenters. The molecule has 0 saturated heterocycles. The second kappa shape index (κ2) is 22.7. The molecule has 3 N–H and O–H groups in total. The highest BCUT2D eigenvalue weighted by Gasteiger charge is 2.26. The van der Waals surface area contributed by atoms with Crippen molar-refractivity contribution >= 4 is 68.5 Å². The summed E-state index contributed by atoms with van der Waals surface area (Å²) in [6.07, 6.45) is 8.18. The largest absolute Gasteiger partial charge is 0.457 e. The molecule has 21 heteroatoms. The average molecular weight is 1070 g/mol. The van der Waals surface area contributed by atoms with Crippen molar-refractivity contribution in [1.29, 1.82) is 0 Å².